The molecule has 1 aromatic heterocycles. The zero-order valence-electron chi connectivity index (χ0n) is 12.7. The third-order valence-electron chi connectivity index (χ3n) is 2.97. The maximum atomic E-state index is 12.2. The van der Waals surface area contributed by atoms with Crippen molar-refractivity contribution in [3.8, 4) is 0 Å². The SMILES string of the molecule is Cc1c(C(=O)NCC(=O)NC(C)(C)C)sc2ccccc12. The minimum atomic E-state index is -0.296. The Morgan fingerprint density at radius 1 is 1.19 bits per heavy atom. The van der Waals surface area contributed by atoms with Crippen molar-refractivity contribution in [2.75, 3.05) is 6.54 Å². The number of amides is 2. The van der Waals surface area contributed by atoms with Crippen LogP contribution >= 0.6 is 11.3 Å². The number of nitrogens with one attached hydrogen (secondary N) is 2. The maximum Gasteiger partial charge on any atom is 0.262 e. The Balaban J connectivity index is 2.06. The van der Waals surface area contributed by atoms with Gasteiger partial charge in [0.25, 0.3) is 5.91 Å². The van der Waals surface area contributed by atoms with Crippen LogP contribution in [0.1, 0.15) is 36.0 Å². The summed E-state index contributed by atoms with van der Waals surface area (Å²) in [7, 11) is 0. The van der Waals surface area contributed by atoms with E-state index in [2.05, 4.69) is 10.6 Å². The summed E-state index contributed by atoms with van der Waals surface area (Å²) < 4.78 is 1.08. The average Bonchev–Trinajstić information content (AvgIpc) is 2.72. The number of thiophene rings is 1. The van der Waals surface area contributed by atoms with Gasteiger partial charge in [-0.2, -0.15) is 0 Å². The quantitative estimate of drug-likeness (QED) is 0.916. The Bertz CT molecular complexity index is 683. The molecular formula is C16H20N2O2S. The summed E-state index contributed by atoms with van der Waals surface area (Å²) in [6.07, 6.45) is 0. The number of carbonyl (C=O) groups excluding carboxylic acids is 2. The van der Waals surface area contributed by atoms with Crippen molar-refractivity contribution in [1.29, 1.82) is 0 Å². The molecule has 2 rings (SSSR count). The molecule has 0 aliphatic rings. The van der Waals surface area contributed by atoms with E-state index in [1.54, 1.807) is 0 Å². The molecule has 0 saturated carbocycles. The molecule has 0 bridgehead atoms. The Labute approximate surface area is 128 Å². The van der Waals surface area contributed by atoms with Gasteiger partial charge in [-0.05, 0) is 44.7 Å². The highest BCUT2D eigenvalue weighted by atomic mass is 32.1. The van der Waals surface area contributed by atoms with Crippen LogP contribution in [0.5, 0.6) is 0 Å². The maximum absolute atomic E-state index is 12.2. The van der Waals surface area contributed by atoms with E-state index >= 15 is 0 Å². The van der Waals surface area contributed by atoms with E-state index in [1.165, 1.54) is 11.3 Å². The number of carbonyl (C=O) groups is 2. The third-order valence-corrected chi connectivity index (χ3v) is 4.25. The molecule has 112 valence electrons. The lowest BCUT2D eigenvalue weighted by atomic mass is 10.1. The molecule has 4 nitrogen and oxygen atoms in total. The first-order valence-corrected chi connectivity index (χ1v) is 7.67. The summed E-state index contributed by atoms with van der Waals surface area (Å²) in [5.74, 6) is -0.382. The van der Waals surface area contributed by atoms with Gasteiger partial charge in [0.1, 0.15) is 0 Å². The highest BCUT2D eigenvalue weighted by molar-refractivity contribution is 7.21. The zero-order valence-corrected chi connectivity index (χ0v) is 13.6. The van der Waals surface area contributed by atoms with E-state index in [0.29, 0.717) is 4.88 Å². The average molecular weight is 304 g/mol. The number of hydrogen-bond donors (Lipinski definition) is 2. The number of benzene rings is 1. The highest BCUT2D eigenvalue weighted by Crippen LogP contribution is 2.30. The number of hydrogen-bond acceptors (Lipinski definition) is 3. The first-order chi connectivity index (χ1) is 9.78. The monoisotopic (exact) mass is 304 g/mol. The molecule has 1 aromatic carbocycles. The third kappa shape index (κ3) is 3.82. The van der Waals surface area contributed by atoms with Gasteiger partial charge in [0.15, 0.2) is 0 Å². The fourth-order valence-corrected chi connectivity index (χ4v) is 3.22. The fraction of sp³-hybridized carbons (Fsp3) is 0.375. The van der Waals surface area contributed by atoms with Crippen LogP contribution in [0.4, 0.5) is 0 Å². The summed E-state index contributed by atoms with van der Waals surface area (Å²) in [6.45, 7) is 7.64. The summed E-state index contributed by atoms with van der Waals surface area (Å²) in [5, 5.41) is 6.59. The van der Waals surface area contributed by atoms with Gasteiger partial charge >= 0.3 is 0 Å². The second kappa shape index (κ2) is 5.85. The van der Waals surface area contributed by atoms with Gasteiger partial charge in [0.05, 0.1) is 11.4 Å². The van der Waals surface area contributed by atoms with E-state index in [0.717, 1.165) is 15.6 Å². The van der Waals surface area contributed by atoms with E-state index in [-0.39, 0.29) is 23.9 Å². The Morgan fingerprint density at radius 3 is 2.48 bits per heavy atom. The Morgan fingerprint density at radius 2 is 1.86 bits per heavy atom. The first-order valence-electron chi connectivity index (χ1n) is 6.85. The lowest BCUT2D eigenvalue weighted by molar-refractivity contribution is -0.121. The van der Waals surface area contributed by atoms with Crippen LogP contribution in [0.2, 0.25) is 0 Å². The largest absolute Gasteiger partial charge is 0.350 e. The molecule has 2 amide bonds. The number of aryl methyl sites for hydroxylation is 1. The standard InChI is InChI=1S/C16H20N2O2S/c1-10-11-7-5-6-8-12(11)21-14(10)15(20)17-9-13(19)18-16(2,3)4/h5-8H,9H2,1-4H3,(H,17,20)(H,18,19). The lowest BCUT2D eigenvalue weighted by Crippen LogP contribution is -2.45. The van der Waals surface area contributed by atoms with E-state index < -0.39 is 0 Å². The van der Waals surface area contributed by atoms with Crippen molar-refractivity contribution < 1.29 is 9.59 Å². The second-order valence-electron chi connectivity index (χ2n) is 6.03. The van der Waals surface area contributed by atoms with Crippen LogP contribution in [-0.2, 0) is 4.79 Å². The molecule has 0 unspecified atom stereocenters. The molecule has 0 spiro atoms. The van der Waals surface area contributed by atoms with Crippen LogP contribution in [0.3, 0.4) is 0 Å². The molecule has 0 aliphatic carbocycles. The van der Waals surface area contributed by atoms with Crippen molar-refractivity contribution in [2.24, 2.45) is 0 Å². The normalized spacial score (nSPS) is 11.4. The van der Waals surface area contributed by atoms with Crippen LogP contribution in [0, 0.1) is 6.92 Å². The van der Waals surface area contributed by atoms with Crippen LogP contribution < -0.4 is 10.6 Å². The summed E-state index contributed by atoms with van der Waals surface area (Å²) >= 11 is 1.45. The molecule has 0 atom stereocenters. The molecule has 5 heteroatoms. The molecule has 2 aromatic rings. The molecule has 0 radical (unpaired) electrons. The van der Waals surface area contributed by atoms with Crippen LogP contribution in [-0.4, -0.2) is 23.9 Å². The molecule has 0 saturated heterocycles. The summed E-state index contributed by atoms with van der Waals surface area (Å²) in [6, 6.07) is 7.91. The van der Waals surface area contributed by atoms with Gasteiger partial charge in [-0.3, -0.25) is 9.59 Å². The van der Waals surface area contributed by atoms with Gasteiger partial charge in [-0.1, -0.05) is 18.2 Å². The van der Waals surface area contributed by atoms with Crippen LogP contribution in [0.25, 0.3) is 10.1 Å². The summed E-state index contributed by atoms with van der Waals surface area (Å²) in [5.41, 5.74) is 0.666. The van der Waals surface area contributed by atoms with Crippen molar-refractivity contribution in [1.82, 2.24) is 10.6 Å². The molecule has 2 N–H and O–H groups in total. The minimum absolute atomic E-state index is 0.0101. The number of fused-ring (bicyclic) bond motifs is 1. The smallest absolute Gasteiger partial charge is 0.262 e. The van der Waals surface area contributed by atoms with E-state index in [9.17, 15) is 9.59 Å². The van der Waals surface area contributed by atoms with Gasteiger partial charge in [0, 0.05) is 10.2 Å². The minimum Gasteiger partial charge on any atom is -0.350 e. The zero-order chi connectivity index (χ0) is 15.6. The Kier molecular flexibility index (Phi) is 4.32. The molecule has 1 heterocycles. The van der Waals surface area contributed by atoms with Gasteiger partial charge in [-0.15, -0.1) is 11.3 Å². The van der Waals surface area contributed by atoms with Crippen molar-refractivity contribution in [3.05, 3.63) is 34.7 Å². The summed E-state index contributed by atoms with van der Waals surface area (Å²) in [4.78, 5) is 24.6. The van der Waals surface area contributed by atoms with Crippen molar-refractivity contribution >= 4 is 33.2 Å². The molecular weight excluding hydrogens is 284 g/mol. The Hall–Kier alpha value is -1.88. The first kappa shape index (κ1) is 15.5. The van der Waals surface area contributed by atoms with Crippen molar-refractivity contribution in [3.63, 3.8) is 0 Å². The van der Waals surface area contributed by atoms with Crippen molar-refractivity contribution in [2.45, 2.75) is 33.2 Å². The van der Waals surface area contributed by atoms with Gasteiger partial charge < -0.3 is 10.6 Å². The van der Waals surface area contributed by atoms with E-state index in [1.807, 2.05) is 52.0 Å². The van der Waals surface area contributed by atoms with Gasteiger partial charge in [-0.25, -0.2) is 0 Å². The van der Waals surface area contributed by atoms with Gasteiger partial charge in [0.2, 0.25) is 5.91 Å². The highest BCUT2D eigenvalue weighted by Gasteiger charge is 2.17. The molecule has 0 aliphatic heterocycles. The predicted molar refractivity (Wildman–Crippen MR) is 86.8 cm³/mol. The van der Waals surface area contributed by atoms with Crippen LogP contribution in [0.15, 0.2) is 24.3 Å². The molecule has 0 fully saturated rings. The predicted octanol–water partition coefficient (Wildman–Crippen LogP) is 2.85. The van der Waals surface area contributed by atoms with E-state index in [4.69, 9.17) is 0 Å². The fourth-order valence-electron chi connectivity index (χ4n) is 2.09. The number of rotatable bonds is 3. The topological polar surface area (TPSA) is 58.2 Å². The molecule has 21 heavy (non-hydrogen) atoms. The second-order valence-corrected chi connectivity index (χ2v) is 7.09. The lowest BCUT2D eigenvalue weighted by Gasteiger charge is -2.20.